The van der Waals surface area contributed by atoms with Gasteiger partial charge in [0.05, 0.1) is 13.0 Å². The molecule has 0 saturated heterocycles. The molecule has 2 amide bonds. The fourth-order valence-electron chi connectivity index (χ4n) is 4.42. The highest BCUT2D eigenvalue weighted by molar-refractivity contribution is 6.06. The first-order valence-electron chi connectivity index (χ1n) is 12.6. The first-order valence-corrected chi connectivity index (χ1v) is 12.6. The molecular weight excluding hydrogens is 476 g/mol. The third kappa shape index (κ3) is 6.03. The van der Waals surface area contributed by atoms with Gasteiger partial charge in [-0.3, -0.25) is 9.59 Å². The van der Waals surface area contributed by atoms with Crippen molar-refractivity contribution in [1.29, 1.82) is 0 Å². The fraction of sp³-hybridized carbons (Fsp3) is 0.188. The number of carbonyl (C=O) groups excluding carboxylic acids is 2. The summed E-state index contributed by atoms with van der Waals surface area (Å²) in [5.74, 6) is 1.27. The maximum atomic E-state index is 13.5. The molecule has 4 aromatic rings. The predicted octanol–water partition coefficient (Wildman–Crippen LogP) is 5.74. The van der Waals surface area contributed by atoms with Crippen molar-refractivity contribution in [2.75, 3.05) is 11.7 Å². The molecule has 4 aromatic carbocycles. The number of aryl methyl sites for hydroxylation is 2. The Morgan fingerprint density at radius 2 is 1.50 bits per heavy atom. The van der Waals surface area contributed by atoms with Crippen LogP contribution in [-0.4, -0.2) is 18.6 Å². The second-order valence-electron chi connectivity index (χ2n) is 9.55. The Labute approximate surface area is 222 Å². The molecule has 1 aliphatic rings. The molecule has 1 N–H and O–H groups in total. The summed E-state index contributed by atoms with van der Waals surface area (Å²) < 4.78 is 10.7. The van der Waals surface area contributed by atoms with E-state index >= 15 is 0 Å². The zero-order valence-corrected chi connectivity index (χ0v) is 21.6. The Balaban J connectivity index is 1.27. The minimum atomic E-state index is -0.0808. The lowest BCUT2D eigenvalue weighted by Gasteiger charge is -2.24. The van der Waals surface area contributed by atoms with Crippen LogP contribution in [-0.2, 0) is 24.3 Å². The number of ether oxygens (including phenoxy) is 2. The summed E-state index contributed by atoms with van der Waals surface area (Å²) >= 11 is 0. The summed E-state index contributed by atoms with van der Waals surface area (Å²) in [4.78, 5) is 27.9. The van der Waals surface area contributed by atoms with Crippen molar-refractivity contribution in [3.05, 3.63) is 124 Å². The molecular formula is C32H30N2O4. The van der Waals surface area contributed by atoms with Crippen LogP contribution < -0.4 is 19.7 Å². The highest BCUT2D eigenvalue weighted by atomic mass is 16.7. The zero-order valence-electron chi connectivity index (χ0n) is 21.6. The molecule has 1 heterocycles. The van der Waals surface area contributed by atoms with E-state index in [1.165, 1.54) is 0 Å². The maximum absolute atomic E-state index is 13.5. The summed E-state index contributed by atoms with van der Waals surface area (Å²) in [7, 11) is 0. The molecule has 0 spiro atoms. The normalized spacial score (nSPS) is 11.7. The number of carbonyl (C=O) groups is 2. The molecule has 0 radical (unpaired) electrons. The van der Waals surface area contributed by atoms with Crippen molar-refractivity contribution in [3.63, 3.8) is 0 Å². The van der Waals surface area contributed by atoms with Gasteiger partial charge in [0, 0.05) is 17.8 Å². The molecule has 38 heavy (non-hydrogen) atoms. The molecule has 5 rings (SSSR count). The predicted molar refractivity (Wildman–Crippen MR) is 147 cm³/mol. The van der Waals surface area contributed by atoms with E-state index < -0.39 is 0 Å². The summed E-state index contributed by atoms with van der Waals surface area (Å²) in [6.45, 7) is 5.12. The van der Waals surface area contributed by atoms with Gasteiger partial charge in [0.25, 0.3) is 5.91 Å². The van der Waals surface area contributed by atoms with E-state index in [4.69, 9.17) is 9.47 Å². The number of rotatable bonds is 8. The summed E-state index contributed by atoms with van der Waals surface area (Å²) in [6, 6.07) is 29.0. The van der Waals surface area contributed by atoms with Crippen molar-refractivity contribution in [1.82, 2.24) is 5.32 Å². The quantitative estimate of drug-likeness (QED) is 0.331. The zero-order chi connectivity index (χ0) is 26.5. The lowest BCUT2D eigenvalue weighted by atomic mass is 10.1. The average Bonchev–Trinajstić information content (AvgIpc) is 3.39. The van der Waals surface area contributed by atoms with E-state index in [0.29, 0.717) is 24.4 Å². The number of nitrogens with zero attached hydrogens (tertiary/aromatic N) is 1. The van der Waals surface area contributed by atoms with E-state index in [0.717, 1.165) is 39.3 Å². The third-order valence-corrected chi connectivity index (χ3v) is 6.51. The van der Waals surface area contributed by atoms with Crippen LogP contribution in [0.3, 0.4) is 0 Å². The minimum Gasteiger partial charge on any atom is -0.454 e. The minimum absolute atomic E-state index is 0.0688. The molecule has 0 saturated carbocycles. The van der Waals surface area contributed by atoms with E-state index in [1.54, 1.807) is 4.90 Å². The van der Waals surface area contributed by atoms with Gasteiger partial charge < -0.3 is 19.7 Å². The lowest BCUT2D eigenvalue weighted by Crippen LogP contribution is -2.30. The number of hydrogen-bond acceptors (Lipinski definition) is 4. The molecule has 0 atom stereocenters. The first kappa shape index (κ1) is 25.1. The van der Waals surface area contributed by atoms with Gasteiger partial charge in [-0.25, -0.2) is 0 Å². The molecule has 0 aliphatic carbocycles. The monoisotopic (exact) mass is 506 g/mol. The largest absolute Gasteiger partial charge is 0.454 e. The van der Waals surface area contributed by atoms with Crippen LogP contribution in [0.4, 0.5) is 5.69 Å². The first-order chi connectivity index (χ1) is 18.4. The van der Waals surface area contributed by atoms with Crippen LogP contribution in [0.5, 0.6) is 11.5 Å². The van der Waals surface area contributed by atoms with Gasteiger partial charge in [0.15, 0.2) is 11.5 Å². The molecule has 1 aliphatic heterocycles. The van der Waals surface area contributed by atoms with Gasteiger partial charge >= 0.3 is 0 Å². The van der Waals surface area contributed by atoms with Crippen LogP contribution in [0.1, 0.15) is 38.2 Å². The average molecular weight is 507 g/mol. The highest BCUT2D eigenvalue weighted by Gasteiger charge is 2.19. The molecule has 0 fully saturated rings. The second-order valence-corrected chi connectivity index (χ2v) is 9.55. The van der Waals surface area contributed by atoms with Crippen LogP contribution >= 0.6 is 0 Å². The Kier molecular flexibility index (Phi) is 7.40. The number of fused-ring (bicyclic) bond motifs is 1. The second kappa shape index (κ2) is 11.2. The summed E-state index contributed by atoms with van der Waals surface area (Å²) in [5, 5.41) is 2.96. The summed E-state index contributed by atoms with van der Waals surface area (Å²) in [5.41, 5.74) is 6.53. The van der Waals surface area contributed by atoms with Crippen LogP contribution in [0.25, 0.3) is 0 Å². The van der Waals surface area contributed by atoms with Gasteiger partial charge in [-0.1, -0.05) is 65.7 Å². The Bertz CT molecular complexity index is 1450. The number of benzene rings is 4. The van der Waals surface area contributed by atoms with E-state index in [-0.39, 0.29) is 25.0 Å². The van der Waals surface area contributed by atoms with Crippen molar-refractivity contribution in [2.24, 2.45) is 0 Å². The lowest BCUT2D eigenvalue weighted by molar-refractivity contribution is -0.120. The van der Waals surface area contributed by atoms with E-state index in [2.05, 4.69) is 11.4 Å². The molecule has 0 bridgehead atoms. The topological polar surface area (TPSA) is 67.9 Å². The van der Waals surface area contributed by atoms with Crippen molar-refractivity contribution in [3.8, 4) is 11.5 Å². The molecule has 0 unspecified atom stereocenters. The van der Waals surface area contributed by atoms with Gasteiger partial charge in [-0.15, -0.1) is 0 Å². The number of hydrogen-bond donors (Lipinski definition) is 1. The molecule has 6 heteroatoms. The maximum Gasteiger partial charge on any atom is 0.258 e. The Hall–Kier alpha value is -4.58. The van der Waals surface area contributed by atoms with E-state index in [1.807, 2.05) is 98.8 Å². The number of nitrogens with one attached hydrogen (secondary N) is 1. The SMILES string of the molecule is Cc1ccc(C(=O)N(Cc2cccc(C)c2)c2ccc(CC(=O)NCc3ccc4c(c3)OCO4)cc2)cc1. The van der Waals surface area contributed by atoms with Crippen molar-refractivity contribution < 1.29 is 19.1 Å². The Morgan fingerprint density at radius 3 is 2.26 bits per heavy atom. The summed E-state index contributed by atoms with van der Waals surface area (Å²) in [6.07, 6.45) is 0.245. The number of amides is 2. The van der Waals surface area contributed by atoms with Gasteiger partial charge in [0.1, 0.15) is 0 Å². The van der Waals surface area contributed by atoms with Crippen LogP contribution in [0.15, 0.2) is 91.0 Å². The standard InChI is InChI=1S/C32H30N2O4/c1-22-6-11-27(12-7-22)32(36)34(20-26-5-3-4-23(2)16-26)28-13-8-24(9-14-28)18-31(35)33-19-25-10-15-29-30(17-25)38-21-37-29/h3-17H,18-21H2,1-2H3,(H,33,35). The van der Waals surface area contributed by atoms with E-state index in [9.17, 15) is 9.59 Å². The Morgan fingerprint density at radius 1 is 0.763 bits per heavy atom. The van der Waals surface area contributed by atoms with Gasteiger partial charge in [0.2, 0.25) is 12.7 Å². The molecule has 0 aromatic heterocycles. The van der Waals surface area contributed by atoms with Crippen LogP contribution in [0, 0.1) is 13.8 Å². The number of anilines is 1. The van der Waals surface area contributed by atoms with Crippen molar-refractivity contribution in [2.45, 2.75) is 33.4 Å². The van der Waals surface area contributed by atoms with Gasteiger partial charge in [-0.05, 0) is 66.9 Å². The molecule has 192 valence electrons. The smallest absolute Gasteiger partial charge is 0.258 e. The van der Waals surface area contributed by atoms with Gasteiger partial charge in [-0.2, -0.15) is 0 Å². The highest BCUT2D eigenvalue weighted by Crippen LogP contribution is 2.32. The van der Waals surface area contributed by atoms with Crippen LogP contribution in [0.2, 0.25) is 0 Å². The van der Waals surface area contributed by atoms with Crippen molar-refractivity contribution >= 4 is 17.5 Å². The third-order valence-electron chi connectivity index (χ3n) is 6.51. The molecule has 6 nitrogen and oxygen atoms in total. The fourth-order valence-corrected chi connectivity index (χ4v) is 4.42.